The van der Waals surface area contributed by atoms with E-state index in [4.69, 9.17) is 0 Å². The van der Waals surface area contributed by atoms with Gasteiger partial charge in [-0.3, -0.25) is 19.3 Å². The Bertz CT molecular complexity index is 1070. The first kappa shape index (κ1) is 19.0. The topological polar surface area (TPSA) is 92.7 Å². The first-order valence-corrected chi connectivity index (χ1v) is 8.99. The van der Waals surface area contributed by atoms with Crippen LogP contribution in [0.15, 0.2) is 34.3 Å². The summed E-state index contributed by atoms with van der Waals surface area (Å²) in [4.78, 5) is 29.2. The highest BCUT2D eigenvalue weighted by Crippen LogP contribution is 2.22. The number of carbonyl (C=O) groups excluding carboxylic acids is 1. The van der Waals surface area contributed by atoms with Gasteiger partial charge in [0.05, 0.1) is 17.6 Å². The van der Waals surface area contributed by atoms with Crippen molar-refractivity contribution in [3.05, 3.63) is 46.4 Å². The zero-order chi connectivity index (χ0) is 19.8. The van der Waals surface area contributed by atoms with Crippen molar-refractivity contribution in [2.75, 3.05) is 5.75 Å². The minimum absolute atomic E-state index is 0.00691. The highest BCUT2D eigenvalue weighted by atomic mass is 32.2. The number of hydrogen-bond donors (Lipinski definition) is 2. The molecule has 3 rings (SSSR count). The number of H-pyrrole nitrogens is 1. The molecule has 142 valence electrons. The van der Waals surface area contributed by atoms with Crippen LogP contribution in [0, 0.1) is 11.6 Å². The summed E-state index contributed by atoms with van der Waals surface area (Å²) in [5.74, 6) is -2.37. The van der Waals surface area contributed by atoms with Gasteiger partial charge in [-0.2, -0.15) is 5.10 Å². The highest BCUT2D eigenvalue weighted by molar-refractivity contribution is 7.99. The van der Waals surface area contributed by atoms with Crippen LogP contribution in [-0.4, -0.2) is 36.9 Å². The summed E-state index contributed by atoms with van der Waals surface area (Å²) >= 11 is 1.01. The lowest BCUT2D eigenvalue weighted by molar-refractivity contribution is -0.119. The van der Waals surface area contributed by atoms with E-state index in [1.54, 1.807) is 0 Å². The second-order valence-electron chi connectivity index (χ2n) is 6.85. The van der Waals surface area contributed by atoms with Gasteiger partial charge in [-0.15, -0.1) is 0 Å². The third kappa shape index (κ3) is 4.16. The Morgan fingerprint density at radius 1 is 1.30 bits per heavy atom. The molecule has 2 N–H and O–H groups in total. The molecule has 0 radical (unpaired) electrons. The van der Waals surface area contributed by atoms with E-state index in [1.807, 2.05) is 20.8 Å². The summed E-state index contributed by atoms with van der Waals surface area (Å²) in [5.41, 5.74) is -0.553. The number of hydrogen-bond acceptors (Lipinski definition) is 5. The van der Waals surface area contributed by atoms with Gasteiger partial charge in [0.2, 0.25) is 5.91 Å². The minimum atomic E-state index is -1.09. The van der Waals surface area contributed by atoms with Crippen LogP contribution in [0.1, 0.15) is 20.8 Å². The van der Waals surface area contributed by atoms with Crippen LogP contribution < -0.4 is 10.9 Å². The Morgan fingerprint density at radius 2 is 2.04 bits per heavy atom. The number of carbonyl (C=O) groups is 1. The smallest absolute Gasteiger partial charge is 0.269 e. The van der Waals surface area contributed by atoms with Crippen LogP contribution in [0.25, 0.3) is 16.7 Å². The third-order valence-corrected chi connectivity index (χ3v) is 4.40. The van der Waals surface area contributed by atoms with Gasteiger partial charge >= 0.3 is 0 Å². The van der Waals surface area contributed by atoms with Gasteiger partial charge in [-0.25, -0.2) is 13.8 Å². The normalized spacial score (nSPS) is 11.7. The Morgan fingerprint density at radius 3 is 2.70 bits per heavy atom. The maximum atomic E-state index is 13.7. The van der Waals surface area contributed by atoms with Crippen molar-refractivity contribution in [3.8, 4) is 5.69 Å². The first-order valence-electron chi connectivity index (χ1n) is 8.01. The summed E-state index contributed by atoms with van der Waals surface area (Å²) in [6.45, 7) is 5.55. The van der Waals surface area contributed by atoms with Crippen molar-refractivity contribution in [2.24, 2.45) is 0 Å². The van der Waals surface area contributed by atoms with E-state index in [1.165, 1.54) is 12.3 Å². The zero-order valence-corrected chi connectivity index (χ0v) is 15.7. The quantitative estimate of drug-likeness (QED) is 0.525. The minimum Gasteiger partial charge on any atom is -0.351 e. The maximum Gasteiger partial charge on any atom is 0.269 e. The molecule has 2 aromatic heterocycles. The van der Waals surface area contributed by atoms with E-state index in [2.05, 4.69) is 20.5 Å². The van der Waals surface area contributed by atoms with Gasteiger partial charge in [0, 0.05) is 11.6 Å². The van der Waals surface area contributed by atoms with Crippen molar-refractivity contribution in [2.45, 2.75) is 31.5 Å². The summed E-state index contributed by atoms with van der Waals surface area (Å²) < 4.78 is 28.1. The van der Waals surface area contributed by atoms with Gasteiger partial charge in [0.1, 0.15) is 5.39 Å². The molecule has 27 heavy (non-hydrogen) atoms. The average molecular weight is 393 g/mol. The van der Waals surface area contributed by atoms with E-state index in [0.29, 0.717) is 0 Å². The molecule has 0 atom stereocenters. The van der Waals surface area contributed by atoms with Crippen LogP contribution in [-0.2, 0) is 4.79 Å². The number of aromatic amines is 1. The molecule has 0 aliphatic heterocycles. The van der Waals surface area contributed by atoms with Crippen LogP contribution in [0.5, 0.6) is 0 Å². The molecule has 0 saturated heterocycles. The first-order chi connectivity index (χ1) is 12.7. The van der Waals surface area contributed by atoms with Gasteiger partial charge in [-0.1, -0.05) is 11.8 Å². The lowest BCUT2D eigenvalue weighted by Crippen LogP contribution is -2.41. The Hall–Kier alpha value is -2.75. The van der Waals surface area contributed by atoms with Crippen molar-refractivity contribution >= 4 is 28.7 Å². The molecule has 7 nitrogen and oxygen atoms in total. The average Bonchev–Trinajstić information content (AvgIpc) is 3.03. The monoisotopic (exact) mass is 393 g/mol. The summed E-state index contributed by atoms with van der Waals surface area (Å²) in [5, 5.41) is 9.56. The van der Waals surface area contributed by atoms with Crippen LogP contribution >= 0.6 is 11.8 Å². The van der Waals surface area contributed by atoms with Gasteiger partial charge in [0.25, 0.3) is 5.56 Å². The van der Waals surface area contributed by atoms with Gasteiger partial charge in [0.15, 0.2) is 22.4 Å². The SMILES string of the molecule is CC(C)(C)NC(=O)CSc1nc2[nH]ncc2c(=O)n1-c1ccc(F)c(F)c1. The van der Waals surface area contributed by atoms with Crippen LogP contribution in [0.2, 0.25) is 0 Å². The van der Waals surface area contributed by atoms with Crippen molar-refractivity contribution in [1.29, 1.82) is 0 Å². The number of fused-ring (bicyclic) bond motifs is 1. The second kappa shape index (κ2) is 7.10. The molecular weight excluding hydrogens is 376 g/mol. The third-order valence-electron chi connectivity index (χ3n) is 3.46. The molecule has 0 unspecified atom stereocenters. The molecular formula is C17H17F2N5O2S. The van der Waals surface area contributed by atoms with E-state index < -0.39 is 22.7 Å². The highest BCUT2D eigenvalue weighted by Gasteiger charge is 2.19. The fourth-order valence-corrected chi connectivity index (χ4v) is 3.21. The van der Waals surface area contributed by atoms with Crippen LogP contribution in [0.4, 0.5) is 8.78 Å². The predicted octanol–water partition coefficient (Wildman–Crippen LogP) is 2.39. The van der Waals surface area contributed by atoms with Gasteiger partial charge in [-0.05, 0) is 32.9 Å². The Balaban J connectivity index is 2.04. The molecule has 1 amide bonds. The summed E-state index contributed by atoms with van der Waals surface area (Å²) in [6, 6.07) is 3.10. The lowest BCUT2D eigenvalue weighted by atomic mass is 10.1. The summed E-state index contributed by atoms with van der Waals surface area (Å²) in [6.07, 6.45) is 1.31. The van der Waals surface area contributed by atoms with Crippen molar-refractivity contribution < 1.29 is 13.6 Å². The van der Waals surface area contributed by atoms with E-state index in [0.717, 1.165) is 28.5 Å². The van der Waals surface area contributed by atoms with Crippen molar-refractivity contribution in [3.63, 3.8) is 0 Å². The number of aromatic nitrogens is 4. The molecule has 0 aliphatic carbocycles. The lowest BCUT2D eigenvalue weighted by Gasteiger charge is -2.20. The number of rotatable bonds is 4. The molecule has 10 heteroatoms. The van der Waals surface area contributed by atoms with E-state index in [9.17, 15) is 18.4 Å². The molecule has 0 spiro atoms. The fourth-order valence-electron chi connectivity index (χ4n) is 2.41. The zero-order valence-electron chi connectivity index (χ0n) is 14.8. The van der Waals surface area contributed by atoms with Gasteiger partial charge < -0.3 is 5.32 Å². The molecule has 2 heterocycles. The number of benzene rings is 1. The molecule has 0 fully saturated rings. The Labute approximate surface area is 157 Å². The van der Waals surface area contributed by atoms with E-state index >= 15 is 0 Å². The number of amides is 1. The molecule has 0 aliphatic rings. The fraction of sp³-hybridized carbons (Fsp3) is 0.294. The standard InChI is InChI=1S/C17H17F2N5O2S/c1-17(2,3)22-13(25)8-27-16-21-14-10(7-20-23-14)15(26)24(16)9-4-5-11(18)12(19)6-9/h4-7H,8H2,1-3H3,(H,20,23)(H,22,25). The van der Waals surface area contributed by atoms with Crippen LogP contribution in [0.3, 0.4) is 0 Å². The summed E-state index contributed by atoms with van der Waals surface area (Å²) in [7, 11) is 0. The molecule has 3 aromatic rings. The molecule has 1 aromatic carbocycles. The van der Waals surface area contributed by atoms with Crippen molar-refractivity contribution in [1.82, 2.24) is 25.1 Å². The number of nitrogens with one attached hydrogen (secondary N) is 2. The largest absolute Gasteiger partial charge is 0.351 e. The second-order valence-corrected chi connectivity index (χ2v) is 7.79. The number of thioether (sulfide) groups is 1. The molecule has 0 saturated carbocycles. The number of halogens is 2. The maximum absolute atomic E-state index is 13.7. The number of nitrogens with zero attached hydrogens (tertiary/aromatic N) is 3. The van der Waals surface area contributed by atoms with E-state index in [-0.39, 0.29) is 33.5 Å². The predicted molar refractivity (Wildman–Crippen MR) is 98.0 cm³/mol. The Kier molecular flexibility index (Phi) is 5.01. The molecule has 0 bridgehead atoms.